The molecule has 0 fully saturated rings. The highest BCUT2D eigenvalue weighted by Gasteiger charge is 2.40. The first kappa shape index (κ1) is 27.0. The zero-order valence-electron chi connectivity index (χ0n) is 26.4. The summed E-state index contributed by atoms with van der Waals surface area (Å²) in [5, 5.41) is 0. The lowest BCUT2D eigenvalue weighted by atomic mass is 9.79. The predicted molar refractivity (Wildman–Crippen MR) is 187 cm³/mol. The van der Waals surface area contributed by atoms with Crippen molar-refractivity contribution in [1.82, 2.24) is 0 Å². The topological polar surface area (TPSA) is 3.24 Å². The van der Waals surface area contributed by atoms with E-state index in [0.717, 1.165) is 17.8 Å². The summed E-state index contributed by atoms with van der Waals surface area (Å²) in [7, 11) is 0. The Morgan fingerprint density at radius 3 is 1.95 bits per heavy atom. The zero-order chi connectivity index (χ0) is 30.2. The molecule has 0 heterocycles. The zero-order valence-corrected chi connectivity index (χ0v) is 26.4. The molecule has 0 radical (unpaired) electrons. The largest absolute Gasteiger partial charge is 0.310 e. The van der Waals surface area contributed by atoms with Gasteiger partial charge in [0.25, 0.3) is 0 Å². The molecule has 1 unspecified atom stereocenters. The van der Waals surface area contributed by atoms with Gasteiger partial charge in [0.05, 0.1) is 0 Å². The minimum Gasteiger partial charge on any atom is -0.310 e. The number of nitrogens with zero attached hydrogens (tertiary/aromatic N) is 1. The molecule has 3 aliphatic carbocycles. The fourth-order valence-corrected chi connectivity index (χ4v) is 7.94. The van der Waals surface area contributed by atoms with Crippen LogP contribution in [-0.2, 0) is 10.8 Å². The highest BCUT2D eigenvalue weighted by Crippen LogP contribution is 2.54. The fourth-order valence-electron chi connectivity index (χ4n) is 7.94. The summed E-state index contributed by atoms with van der Waals surface area (Å²) in [6.07, 6.45) is 6.08. The van der Waals surface area contributed by atoms with Gasteiger partial charge in [-0.25, -0.2) is 0 Å². The van der Waals surface area contributed by atoms with E-state index in [1.807, 2.05) is 0 Å². The van der Waals surface area contributed by atoms with Gasteiger partial charge in [0.1, 0.15) is 0 Å². The minimum atomic E-state index is -0.0148. The average molecular weight is 570 g/mol. The van der Waals surface area contributed by atoms with E-state index in [1.165, 1.54) is 61.3 Å². The standard InChI is InChI=1S/C43H39N/c1-28-15-22-35-37-24-21-33(27-41(37)43(4,5)39(35)25-28)44(31-11-7-6-8-12-31)32-19-16-29(17-20-32)30-18-23-36-34-13-9-10-14-38(34)42(2,3)40(36)26-30/h6-14,16-28H,15H2,1-5H3. The Morgan fingerprint density at radius 2 is 1.16 bits per heavy atom. The molecule has 0 amide bonds. The molecule has 0 bridgehead atoms. The van der Waals surface area contributed by atoms with Crippen molar-refractivity contribution in [2.45, 2.75) is 51.9 Å². The molecule has 8 rings (SSSR count). The lowest BCUT2D eigenvalue weighted by Crippen LogP contribution is -2.18. The molecule has 0 aliphatic heterocycles. The number of rotatable bonds is 4. The Balaban J connectivity index is 1.19. The molecule has 5 aromatic rings. The number of para-hydroxylation sites is 1. The van der Waals surface area contributed by atoms with E-state index in [-0.39, 0.29) is 10.8 Å². The van der Waals surface area contributed by atoms with Crippen LogP contribution in [0.3, 0.4) is 0 Å². The number of hydrogen-bond donors (Lipinski definition) is 0. The molecule has 3 aliphatic rings. The fraction of sp³-hybridized carbons (Fsp3) is 0.209. The summed E-state index contributed by atoms with van der Waals surface area (Å²) < 4.78 is 0. The van der Waals surface area contributed by atoms with Gasteiger partial charge in [-0.3, -0.25) is 0 Å². The van der Waals surface area contributed by atoms with E-state index in [1.54, 1.807) is 0 Å². The first-order chi connectivity index (χ1) is 21.2. The monoisotopic (exact) mass is 569 g/mol. The molecular weight excluding hydrogens is 530 g/mol. The second-order valence-electron chi connectivity index (χ2n) is 13.9. The van der Waals surface area contributed by atoms with E-state index in [4.69, 9.17) is 0 Å². The van der Waals surface area contributed by atoms with Gasteiger partial charge in [0.15, 0.2) is 0 Å². The molecule has 1 nitrogen and oxygen atoms in total. The molecule has 0 saturated carbocycles. The molecule has 0 saturated heterocycles. The Kier molecular flexibility index (Phi) is 5.94. The van der Waals surface area contributed by atoms with Crippen LogP contribution in [0, 0.1) is 5.92 Å². The predicted octanol–water partition coefficient (Wildman–Crippen LogP) is 11.8. The summed E-state index contributed by atoms with van der Waals surface area (Å²) in [6, 6.07) is 42.8. The first-order valence-corrected chi connectivity index (χ1v) is 16.0. The maximum Gasteiger partial charge on any atom is 0.0465 e. The summed E-state index contributed by atoms with van der Waals surface area (Å²) in [5.74, 6) is 0.591. The number of benzene rings is 5. The Morgan fingerprint density at radius 1 is 0.545 bits per heavy atom. The lowest BCUT2D eigenvalue weighted by Gasteiger charge is -2.28. The van der Waals surface area contributed by atoms with Crippen LogP contribution in [0.15, 0.2) is 133 Å². The normalized spacial score (nSPS) is 18.4. The van der Waals surface area contributed by atoms with Gasteiger partial charge in [-0.15, -0.1) is 0 Å². The molecule has 5 aromatic carbocycles. The average Bonchev–Trinajstić information content (AvgIpc) is 3.41. The van der Waals surface area contributed by atoms with Crippen molar-refractivity contribution in [3.8, 4) is 22.3 Å². The van der Waals surface area contributed by atoms with Crippen LogP contribution in [-0.4, -0.2) is 0 Å². The lowest BCUT2D eigenvalue weighted by molar-refractivity contribution is 0.633. The number of fused-ring (bicyclic) bond motifs is 6. The van der Waals surface area contributed by atoms with Crippen LogP contribution >= 0.6 is 0 Å². The van der Waals surface area contributed by atoms with E-state index in [9.17, 15) is 0 Å². The van der Waals surface area contributed by atoms with Crippen molar-refractivity contribution in [2.24, 2.45) is 5.92 Å². The van der Waals surface area contributed by atoms with E-state index < -0.39 is 0 Å². The summed E-state index contributed by atoms with van der Waals surface area (Å²) in [5.41, 5.74) is 17.3. The molecular formula is C43H39N. The molecule has 0 aromatic heterocycles. The quantitative estimate of drug-likeness (QED) is 0.208. The third-order valence-electron chi connectivity index (χ3n) is 10.4. The van der Waals surface area contributed by atoms with Crippen LogP contribution < -0.4 is 4.90 Å². The Hall–Kier alpha value is -4.62. The van der Waals surface area contributed by atoms with E-state index in [0.29, 0.717) is 5.92 Å². The van der Waals surface area contributed by atoms with Crippen LogP contribution in [0.1, 0.15) is 63.3 Å². The number of hydrogen-bond acceptors (Lipinski definition) is 1. The van der Waals surface area contributed by atoms with Gasteiger partial charge in [0.2, 0.25) is 0 Å². The molecule has 0 N–H and O–H groups in total. The number of allylic oxidation sites excluding steroid dienone is 4. The van der Waals surface area contributed by atoms with Crippen molar-refractivity contribution in [3.05, 3.63) is 155 Å². The highest BCUT2D eigenvalue weighted by atomic mass is 15.1. The second kappa shape index (κ2) is 9.69. The maximum atomic E-state index is 2.50. The highest BCUT2D eigenvalue weighted by molar-refractivity contribution is 5.92. The van der Waals surface area contributed by atoms with Crippen molar-refractivity contribution in [3.63, 3.8) is 0 Å². The van der Waals surface area contributed by atoms with Crippen LogP contribution in [0.4, 0.5) is 17.1 Å². The molecule has 0 spiro atoms. The first-order valence-electron chi connectivity index (χ1n) is 16.0. The smallest absolute Gasteiger partial charge is 0.0465 e. The summed E-state index contributed by atoms with van der Waals surface area (Å²) in [6.45, 7) is 11.8. The van der Waals surface area contributed by atoms with Gasteiger partial charge in [-0.2, -0.15) is 0 Å². The van der Waals surface area contributed by atoms with Crippen LogP contribution in [0.25, 0.3) is 27.8 Å². The molecule has 44 heavy (non-hydrogen) atoms. The maximum absolute atomic E-state index is 2.50. The Labute approximate surface area is 262 Å². The number of anilines is 3. The van der Waals surface area contributed by atoms with Crippen molar-refractivity contribution in [2.75, 3.05) is 4.90 Å². The van der Waals surface area contributed by atoms with Gasteiger partial charge >= 0.3 is 0 Å². The van der Waals surface area contributed by atoms with Crippen molar-refractivity contribution < 1.29 is 0 Å². The van der Waals surface area contributed by atoms with Gasteiger partial charge in [-0.05, 0) is 110 Å². The van der Waals surface area contributed by atoms with E-state index in [2.05, 4.69) is 167 Å². The van der Waals surface area contributed by atoms with Crippen molar-refractivity contribution in [1.29, 1.82) is 0 Å². The third-order valence-corrected chi connectivity index (χ3v) is 10.4. The van der Waals surface area contributed by atoms with Gasteiger partial charge in [0, 0.05) is 27.9 Å². The van der Waals surface area contributed by atoms with Crippen LogP contribution in [0.5, 0.6) is 0 Å². The second-order valence-corrected chi connectivity index (χ2v) is 13.9. The van der Waals surface area contributed by atoms with E-state index >= 15 is 0 Å². The van der Waals surface area contributed by atoms with Gasteiger partial charge in [-0.1, -0.05) is 120 Å². The SMILES string of the molecule is CC1C=C2C(=CC1)c1ccc(N(c3ccccc3)c3ccc(-c4ccc5c(c4)C(C)(C)c4ccccc4-5)cc3)cc1C2(C)C. The Bertz CT molecular complexity index is 1990. The molecule has 216 valence electrons. The van der Waals surface area contributed by atoms with Crippen molar-refractivity contribution >= 4 is 22.6 Å². The van der Waals surface area contributed by atoms with Crippen LogP contribution in [0.2, 0.25) is 0 Å². The van der Waals surface area contributed by atoms with Gasteiger partial charge < -0.3 is 4.90 Å². The summed E-state index contributed by atoms with van der Waals surface area (Å²) in [4.78, 5) is 2.40. The molecule has 1 atom stereocenters. The summed E-state index contributed by atoms with van der Waals surface area (Å²) >= 11 is 0. The minimum absolute atomic E-state index is 0.00499. The molecule has 1 heteroatoms. The third kappa shape index (κ3) is 3.99.